The lowest BCUT2D eigenvalue weighted by Gasteiger charge is -2.16. The van der Waals surface area contributed by atoms with Gasteiger partial charge in [-0.05, 0) is 61.6 Å². The molecule has 1 fully saturated rings. The van der Waals surface area contributed by atoms with Crippen molar-refractivity contribution in [3.05, 3.63) is 59.3 Å². The molecule has 3 aromatic rings. The third-order valence-electron chi connectivity index (χ3n) is 8.87. The number of halogens is 1. The highest BCUT2D eigenvalue weighted by Gasteiger charge is 2.30. The van der Waals surface area contributed by atoms with E-state index in [1.165, 1.54) is 102 Å². The summed E-state index contributed by atoms with van der Waals surface area (Å²) < 4.78 is 37.1. The molecule has 1 aliphatic heterocycles. The predicted molar refractivity (Wildman–Crippen MR) is 205 cm³/mol. The summed E-state index contributed by atoms with van der Waals surface area (Å²) in [4.78, 5) is 14.1. The Morgan fingerprint density at radius 3 is 2.21 bits per heavy atom. The van der Waals surface area contributed by atoms with Gasteiger partial charge in [-0.25, -0.2) is 19.2 Å². The number of hydrogen-bond donors (Lipinski definition) is 3. The van der Waals surface area contributed by atoms with E-state index < -0.39 is 14.4 Å². The highest BCUT2D eigenvalue weighted by atomic mass is 31.2. The quantitative estimate of drug-likeness (QED) is 0.0554. The number of anilines is 1. The first-order valence-corrected chi connectivity index (χ1v) is 20.2. The van der Waals surface area contributed by atoms with Crippen LogP contribution >= 0.6 is 8.60 Å². The molecule has 1 aliphatic rings. The summed E-state index contributed by atoms with van der Waals surface area (Å²) in [7, 11) is -1.91. The molecule has 3 heterocycles. The van der Waals surface area contributed by atoms with Gasteiger partial charge in [-0.1, -0.05) is 90.4 Å². The topological polar surface area (TPSA) is 181 Å². The molecule has 4 rings (SSSR count). The Balaban J connectivity index is 0.000000632. The van der Waals surface area contributed by atoms with E-state index in [0.29, 0.717) is 31.2 Å². The SMILES string of the molecule is C#N.CCCCCCCCCCCCCCCCOCCCOP(O)OCC1CCC(c2ccc3c(N)ncnn23)O1.N#Cc1cc(F)cc(CO)c1. The van der Waals surface area contributed by atoms with E-state index in [2.05, 4.69) is 23.6 Å². The lowest BCUT2D eigenvalue weighted by Crippen LogP contribution is -2.14. The average Bonchev–Trinajstić information content (AvgIpc) is 3.84. The molecule has 1 aromatic carbocycles. The number of aromatic nitrogens is 3. The monoisotopic (exact) mass is 758 g/mol. The molecule has 2 aromatic heterocycles. The van der Waals surface area contributed by atoms with Crippen LogP contribution in [0.2, 0.25) is 0 Å². The minimum Gasteiger partial charge on any atom is -0.392 e. The van der Waals surface area contributed by atoms with Crippen molar-refractivity contribution >= 4 is 19.9 Å². The first-order chi connectivity index (χ1) is 25.9. The van der Waals surface area contributed by atoms with Gasteiger partial charge in [0, 0.05) is 19.8 Å². The minimum atomic E-state index is -1.91. The fourth-order valence-electron chi connectivity index (χ4n) is 6.06. The van der Waals surface area contributed by atoms with Crippen LogP contribution in [0, 0.1) is 29.0 Å². The third-order valence-corrected chi connectivity index (χ3v) is 9.64. The van der Waals surface area contributed by atoms with Gasteiger partial charge < -0.3 is 34.3 Å². The van der Waals surface area contributed by atoms with Crippen molar-refractivity contribution in [2.24, 2.45) is 0 Å². The van der Waals surface area contributed by atoms with Crippen molar-refractivity contribution in [1.82, 2.24) is 14.6 Å². The van der Waals surface area contributed by atoms with Crippen LogP contribution < -0.4 is 5.73 Å². The number of aliphatic hydroxyl groups excluding tert-OH is 1. The van der Waals surface area contributed by atoms with Crippen molar-refractivity contribution in [3.8, 4) is 12.6 Å². The third kappa shape index (κ3) is 19.1. The highest BCUT2D eigenvalue weighted by Crippen LogP contribution is 2.38. The minimum absolute atomic E-state index is 0.0897. The van der Waals surface area contributed by atoms with Gasteiger partial charge in [0.25, 0.3) is 0 Å². The Hall–Kier alpha value is -3.26. The van der Waals surface area contributed by atoms with E-state index in [4.69, 9.17) is 39.9 Å². The Kier molecular flexibility index (Phi) is 25.2. The summed E-state index contributed by atoms with van der Waals surface area (Å²) in [5.74, 6) is -0.0458. The van der Waals surface area contributed by atoms with Crippen molar-refractivity contribution in [1.29, 1.82) is 10.5 Å². The first-order valence-electron chi connectivity index (χ1n) is 19.1. The molecule has 12 nitrogen and oxygen atoms in total. The van der Waals surface area contributed by atoms with E-state index >= 15 is 0 Å². The molecule has 4 N–H and O–H groups in total. The Morgan fingerprint density at radius 1 is 0.925 bits per heavy atom. The standard InChI is InChI=1S/C30H53N4O5P.C8H6FNO.CHN/c1-2-3-4-5-6-7-8-9-10-11-12-13-14-15-21-36-22-16-23-37-40(35)38-24-26-17-20-29(39-26)27-18-19-28-30(31)32-25-33-34(27)28;9-8-2-6(4-10)1-7(3-8)5-11;1-2/h18-19,25-26,29,35H,2-17,20-24H2,1H3,(H2,31,32,33);1-3,11H,5H2;1H. The summed E-state index contributed by atoms with van der Waals surface area (Å²) in [6.45, 7) is 7.71. The molecule has 294 valence electrons. The van der Waals surface area contributed by atoms with Gasteiger partial charge in [-0.3, -0.25) is 0 Å². The molecule has 0 bridgehead atoms. The van der Waals surface area contributed by atoms with Crippen LogP contribution in [0.3, 0.4) is 0 Å². The lowest BCUT2D eigenvalue weighted by molar-refractivity contribution is 0.00993. The van der Waals surface area contributed by atoms with Crippen LogP contribution in [0.4, 0.5) is 10.2 Å². The molecule has 14 heteroatoms. The van der Waals surface area contributed by atoms with E-state index in [1.54, 1.807) is 10.6 Å². The van der Waals surface area contributed by atoms with Crippen LogP contribution in [-0.4, -0.2) is 57.1 Å². The average molecular weight is 759 g/mol. The number of benzene rings is 1. The van der Waals surface area contributed by atoms with Crippen molar-refractivity contribution in [3.63, 3.8) is 0 Å². The second kappa shape index (κ2) is 29.1. The number of nitrogens with two attached hydrogens (primary N) is 1. The maximum Gasteiger partial charge on any atom is 0.329 e. The lowest BCUT2D eigenvalue weighted by atomic mass is 10.0. The molecule has 53 heavy (non-hydrogen) atoms. The van der Waals surface area contributed by atoms with Crippen molar-refractivity contribution in [2.45, 2.75) is 135 Å². The van der Waals surface area contributed by atoms with Gasteiger partial charge in [0.05, 0.1) is 43.3 Å². The predicted octanol–water partition coefficient (Wildman–Crippen LogP) is 9.00. The van der Waals surface area contributed by atoms with E-state index in [0.717, 1.165) is 49.6 Å². The van der Waals surface area contributed by atoms with Gasteiger partial charge in [0.2, 0.25) is 0 Å². The zero-order chi connectivity index (χ0) is 38.5. The van der Waals surface area contributed by atoms with E-state index in [1.807, 2.05) is 12.1 Å². The molecule has 0 aliphatic carbocycles. The van der Waals surface area contributed by atoms with Gasteiger partial charge in [0.15, 0.2) is 5.82 Å². The zero-order valence-electron chi connectivity index (χ0n) is 31.4. The summed E-state index contributed by atoms with van der Waals surface area (Å²) in [6, 6.07) is 9.43. The number of aliphatic hydroxyl groups is 1. The highest BCUT2D eigenvalue weighted by molar-refractivity contribution is 7.40. The Labute approximate surface area is 316 Å². The molecule has 0 saturated carbocycles. The van der Waals surface area contributed by atoms with Gasteiger partial charge in [0.1, 0.15) is 23.8 Å². The van der Waals surface area contributed by atoms with E-state index in [9.17, 15) is 9.28 Å². The van der Waals surface area contributed by atoms with Crippen LogP contribution in [0.25, 0.3) is 5.52 Å². The van der Waals surface area contributed by atoms with Gasteiger partial charge in [-0.15, -0.1) is 0 Å². The fraction of sp³-hybridized carbons (Fsp3) is 0.641. The summed E-state index contributed by atoms with van der Waals surface area (Å²) in [5, 5.41) is 27.8. The molecule has 3 unspecified atom stereocenters. The normalized spacial score (nSPS) is 15.6. The smallest absolute Gasteiger partial charge is 0.329 e. The molecule has 1 saturated heterocycles. The van der Waals surface area contributed by atoms with Crippen LogP contribution in [-0.2, 0) is 25.1 Å². The Morgan fingerprint density at radius 2 is 1.57 bits per heavy atom. The number of nitriles is 2. The molecular weight excluding hydrogens is 698 g/mol. The molecule has 0 spiro atoms. The number of nitrogens with zero attached hydrogens (tertiary/aromatic N) is 5. The van der Waals surface area contributed by atoms with Gasteiger partial charge in [-0.2, -0.15) is 10.4 Å². The van der Waals surface area contributed by atoms with Crippen molar-refractivity contribution in [2.75, 3.05) is 32.2 Å². The molecule has 0 amide bonds. The maximum absolute atomic E-state index is 12.5. The van der Waals surface area contributed by atoms with Crippen LogP contribution in [0.1, 0.15) is 139 Å². The van der Waals surface area contributed by atoms with Gasteiger partial charge >= 0.3 is 8.60 Å². The fourth-order valence-corrected chi connectivity index (χ4v) is 6.71. The number of rotatable bonds is 25. The number of hydrogen-bond acceptors (Lipinski definition) is 11. The molecular formula is C39H60FN6O6P. The molecule has 0 radical (unpaired) electrons. The Bertz CT molecular complexity index is 1460. The largest absolute Gasteiger partial charge is 0.392 e. The van der Waals surface area contributed by atoms with Crippen molar-refractivity contribution < 1.29 is 32.9 Å². The summed E-state index contributed by atoms with van der Waals surface area (Å²) >= 11 is 0. The number of ether oxygens (including phenoxy) is 2. The summed E-state index contributed by atoms with van der Waals surface area (Å²) in [6.07, 6.45) is 22.8. The second-order valence-electron chi connectivity index (χ2n) is 13.1. The number of unbranched alkanes of at least 4 members (excludes halogenated alkanes) is 13. The summed E-state index contributed by atoms with van der Waals surface area (Å²) in [5.41, 5.74) is 8.29. The van der Waals surface area contributed by atoms with Crippen LogP contribution in [0.15, 0.2) is 36.7 Å². The van der Waals surface area contributed by atoms with Crippen LogP contribution in [0.5, 0.6) is 0 Å². The zero-order valence-corrected chi connectivity index (χ0v) is 32.3. The second-order valence-corrected chi connectivity index (χ2v) is 14.1. The van der Waals surface area contributed by atoms with E-state index in [-0.39, 0.29) is 24.4 Å². The first kappa shape index (κ1) is 45.9. The number of nitrogen functional groups attached to an aromatic ring is 1. The molecule has 3 atom stereocenters. The number of fused-ring (bicyclic) bond motifs is 1. The maximum atomic E-state index is 12.5.